The molecule has 1 unspecified atom stereocenters. The molecular formula is C23H22N2O6S. The van der Waals surface area contributed by atoms with Gasteiger partial charge in [0.05, 0.1) is 37.6 Å². The average Bonchev–Trinajstić information content (AvgIpc) is 3.39. The van der Waals surface area contributed by atoms with Crippen molar-refractivity contribution in [2.45, 2.75) is 5.25 Å². The Morgan fingerprint density at radius 3 is 2.22 bits per heavy atom. The van der Waals surface area contributed by atoms with Crippen molar-refractivity contribution in [1.29, 1.82) is 0 Å². The lowest BCUT2D eigenvalue weighted by molar-refractivity contribution is 0.0654. The van der Waals surface area contributed by atoms with E-state index in [1.807, 2.05) is 12.1 Å². The van der Waals surface area contributed by atoms with Crippen molar-refractivity contribution < 1.29 is 27.5 Å². The fraction of sp³-hybridized carbons (Fsp3) is 0.217. The summed E-state index contributed by atoms with van der Waals surface area (Å²) >= 11 is 0. The molecule has 1 aliphatic rings. The lowest BCUT2D eigenvalue weighted by atomic mass is 10.1. The van der Waals surface area contributed by atoms with Crippen LogP contribution in [0.2, 0.25) is 0 Å². The van der Waals surface area contributed by atoms with E-state index in [1.54, 1.807) is 53.4 Å². The highest BCUT2D eigenvalue weighted by Gasteiger charge is 2.41. The van der Waals surface area contributed by atoms with Crippen molar-refractivity contribution in [1.82, 2.24) is 9.47 Å². The van der Waals surface area contributed by atoms with Crippen LogP contribution in [-0.2, 0) is 9.84 Å². The van der Waals surface area contributed by atoms with Crippen molar-refractivity contribution in [2.24, 2.45) is 0 Å². The number of carbonyl (C=O) groups is 2. The first kappa shape index (κ1) is 21.6. The van der Waals surface area contributed by atoms with Gasteiger partial charge < -0.3 is 14.0 Å². The third-order valence-electron chi connectivity index (χ3n) is 5.50. The molecule has 32 heavy (non-hydrogen) atoms. The number of methoxy groups -OCH3 is 2. The number of fused-ring (bicyclic) bond motifs is 1. The first-order valence-electron chi connectivity index (χ1n) is 9.79. The Kier molecular flexibility index (Phi) is 5.52. The van der Waals surface area contributed by atoms with Crippen LogP contribution < -0.4 is 9.47 Å². The van der Waals surface area contributed by atoms with Crippen molar-refractivity contribution >= 4 is 21.7 Å². The number of rotatable bonds is 7. The predicted molar refractivity (Wildman–Crippen MR) is 118 cm³/mol. The molecule has 9 heteroatoms. The molecule has 4 rings (SSSR count). The number of nitrogens with zero attached hydrogens (tertiary/aromatic N) is 2. The summed E-state index contributed by atoms with van der Waals surface area (Å²) in [5.41, 5.74) is 1.47. The van der Waals surface area contributed by atoms with Crippen LogP contribution in [-0.4, -0.2) is 56.7 Å². The van der Waals surface area contributed by atoms with Gasteiger partial charge in [-0.3, -0.25) is 14.5 Å². The summed E-state index contributed by atoms with van der Waals surface area (Å²) in [5.74, 6) is -0.243. The number of amides is 2. The number of hydrogen-bond donors (Lipinski definition) is 0. The van der Waals surface area contributed by atoms with Crippen LogP contribution in [0.3, 0.4) is 0 Å². The van der Waals surface area contributed by atoms with Crippen molar-refractivity contribution in [3.05, 3.63) is 77.6 Å². The molecule has 0 bridgehead atoms. The summed E-state index contributed by atoms with van der Waals surface area (Å²) in [4.78, 5) is 27.4. The van der Waals surface area contributed by atoms with E-state index in [4.69, 9.17) is 9.47 Å². The minimum atomic E-state index is -3.69. The van der Waals surface area contributed by atoms with Gasteiger partial charge in [-0.15, -0.1) is 0 Å². The maximum Gasteiger partial charge on any atom is 0.263 e. The minimum Gasteiger partial charge on any atom is -0.493 e. The Hall–Kier alpha value is -3.59. The molecule has 8 nitrogen and oxygen atoms in total. The first-order valence-corrected chi connectivity index (χ1v) is 11.7. The fourth-order valence-corrected chi connectivity index (χ4v) is 4.96. The van der Waals surface area contributed by atoms with Gasteiger partial charge >= 0.3 is 0 Å². The van der Waals surface area contributed by atoms with Crippen molar-refractivity contribution in [3.63, 3.8) is 0 Å². The molecule has 0 saturated carbocycles. The van der Waals surface area contributed by atoms with Crippen LogP contribution in [0.1, 0.15) is 31.5 Å². The predicted octanol–water partition coefficient (Wildman–Crippen LogP) is 2.88. The van der Waals surface area contributed by atoms with Crippen LogP contribution >= 0.6 is 0 Å². The Labute approximate surface area is 185 Å². The molecular weight excluding hydrogens is 432 g/mol. The molecule has 166 valence electrons. The molecule has 1 aromatic heterocycles. The average molecular weight is 455 g/mol. The number of carbonyl (C=O) groups excluding carboxylic acids is 2. The molecule has 3 aromatic rings. The summed E-state index contributed by atoms with van der Waals surface area (Å²) < 4.78 is 37.6. The molecule has 0 spiro atoms. The van der Waals surface area contributed by atoms with Gasteiger partial charge in [0.15, 0.2) is 21.3 Å². The highest BCUT2D eigenvalue weighted by atomic mass is 32.2. The van der Waals surface area contributed by atoms with Gasteiger partial charge in [-0.1, -0.05) is 12.1 Å². The van der Waals surface area contributed by atoms with Crippen LogP contribution in [0.15, 0.2) is 60.9 Å². The maximum absolute atomic E-state index is 13.3. The highest BCUT2D eigenvalue weighted by molar-refractivity contribution is 7.91. The van der Waals surface area contributed by atoms with Crippen molar-refractivity contribution in [3.8, 4) is 17.2 Å². The summed E-state index contributed by atoms with van der Waals surface area (Å²) in [6, 6.07) is 13.4. The maximum atomic E-state index is 13.3. The summed E-state index contributed by atoms with van der Waals surface area (Å²) in [6.07, 6.45) is 4.63. The number of hydrogen-bond acceptors (Lipinski definition) is 6. The zero-order valence-corrected chi connectivity index (χ0v) is 18.6. The second-order valence-electron chi connectivity index (χ2n) is 7.44. The summed E-state index contributed by atoms with van der Waals surface area (Å²) in [5, 5.41) is -1.13. The second kappa shape index (κ2) is 8.16. The second-order valence-corrected chi connectivity index (χ2v) is 9.67. The number of ether oxygens (including phenoxy) is 2. The van der Waals surface area contributed by atoms with Gasteiger partial charge in [-0.25, -0.2) is 8.42 Å². The standard InChI is InChI=1S/C23H22N2O6S/c1-30-18-10-9-15(13-19(18)31-2)20(32(3,28)29)14-25-22(26)16-7-6-8-17(21(16)23(25)27)24-11-4-5-12-24/h4-13,20H,14H2,1-3H3. The van der Waals surface area contributed by atoms with E-state index in [1.165, 1.54) is 14.2 Å². The van der Waals surface area contributed by atoms with Gasteiger partial charge in [0.1, 0.15) is 5.25 Å². The zero-order chi connectivity index (χ0) is 23.0. The molecule has 0 fully saturated rings. The first-order chi connectivity index (χ1) is 15.3. The molecule has 1 atom stereocenters. The van der Waals surface area contributed by atoms with Gasteiger partial charge in [-0.2, -0.15) is 0 Å². The normalized spacial score (nSPS) is 14.4. The smallest absolute Gasteiger partial charge is 0.263 e. The zero-order valence-electron chi connectivity index (χ0n) is 17.8. The molecule has 0 aliphatic carbocycles. The highest BCUT2D eigenvalue weighted by Crippen LogP contribution is 2.35. The number of imide groups is 1. The number of sulfone groups is 1. The van der Waals surface area contributed by atoms with Crippen LogP contribution in [0.5, 0.6) is 11.5 Å². The molecule has 0 radical (unpaired) electrons. The van der Waals surface area contributed by atoms with Gasteiger partial charge in [0.25, 0.3) is 11.8 Å². The minimum absolute atomic E-state index is 0.251. The van der Waals surface area contributed by atoms with E-state index >= 15 is 0 Å². The Morgan fingerprint density at radius 1 is 0.906 bits per heavy atom. The molecule has 2 heterocycles. The van der Waals surface area contributed by atoms with E-state index in [0.29, 0.717) is 22.7 Å². The molecule has 1 aliphatic heterocycles. The Balaban J connectivity index is 1.74. The number of aromatic nitrogens is 1. The quantitative estimate of drug-likeness (QED) is 0.510. The van der Waals surface area contributed by atoms with E-state index < -0.39 is 26.9 Å². The third kappa shape index (κ3) is 3.64. The van der Waals surface area contributed by atoms with Crippen LogP contribution in [0.25, 0.3) is 5.69 Å². The summed E-state index contributed by atoms with van der Waals surface area (Å²) in [7, 11) is -0.758. The van der Waals surface area contributed by atoms with Gasteiger partial charge in [0, 0.05) is 18.6 Å². The van der Waals surface area contributed by atoms with E-state index in [2.05, 4.69) is 0 Å². The van der Waals surface area contributed by atoms with Crippen LogP contribution in [0, 0.1) is 0 Å². The van der Waals surface area contributed by atoms with E-state index in [9.17, 15) is 18.0 Å². The topological polar surface area (TPSA) is 94.9 Å². The third-order valence-corrected chi connectivity index (χ3v) is 6.96. The Morgan fingerprint density at radius 2 is 1.59 bits per heavy atom. The lowest BCUT2D eigenvalue weighted by Crippen LogP contribution is -2.36. The lowest BCUT2D eigenvalue weighted by Gasteiger charge is -2.22. The van der Waals surface area contributed by atoms with Gasteiger partial charge in [0.2, 0.25) is 0 Å². The van der Waals surface area contributed by atoms with E-state index in [0.717, 1.165) is 11.2 Å². The van der Waals surface area contributed by atoms with Crippen molar-refractivity contribution in [2.75, 3.05) is 27.0 Å². The van der Waals surface area contributed by atoms with Gasteiger partial charge in [-0.05, 0) is 42.0 Å². The van der Waals surface area contributed by atoms with E-state index in [-0.39, 0.29) is 17.7 Å². The SMILES string of the molecule is COc1ccc(C(CN2C(=O)c3cccc(-n4cccc4)c3C2=O)S(C)(=O)=O)cc1OC. The molecule has 2 aromatic carbocycles. The van der Waals surface area contributed by atoms with Crippen LogP contribution in [0.4, 0.5) is 0 Å². The molecule has 0 saturated heterocycles. The largest absolute Gasteiger partial charge is 0.493 e. The molecule has 2 amide bonds. The fourth-order valence-electron chi connectivity index (χ4n) is 3.90. The summed E-state index contributed by atoms with van der Waals surface area (Å²) in [6.45, 7) is -0.314. The Bertz CT molecular complexity index is 1300. The monoisotopic (exact) mass is 454 g/mol. The molecule has 0 N–H and O–H groups in total. The number of benzene rings is 2.